The lowest BCUT2D eigenvalue weighted by atomic mass is 10.1. The van der Waals surface area contributed by atoms with E-state index in [0.29, 0.717) is 0 Å². The molecule has 0 spiro atoms. The number of carboxylic acids is 1. The predicted molar refractivity (Wildman–Crippen MR) is 50.2 cm³/mol. The number of unbranched alkanes of at least 4 members (excludes halogenated alkanes) is 3. The Morgan fingerprint density at radius 2 is 2.00 bits per heavy atom. The first-order valence-electron chi connectivity index (χ1n) is 4.57. The van der Waals surface area contributed by atoms with Crippen LogP contribution in [0.1, 0.15) is 46.0 Å². The van der Waals surface area contributed by atoms with Crippen molar-refractivity contribution in [2.75, 3.05) is 0 Å². The van der Waals surface area contributed by atoms with Crippen molar-refractivity contribution < 1.29 is 9.90 Å². The first kappa shape index (κ1) is 11.2. The fourth-order valence-corrected chi connectivity index (χ4v) is 1.11. The summed E-state index contributed by atoms with van der Waals surface area (Å²) in [7, 11) is 0. The van der Waals surface area contributed by atoms with Crippen LogP contribution in [0.25, 0.3) is 0 Å². The minimum Gasteiger partial charge on any atom is -0.478 e. The van der Waals surface area contributed by atoms with Crippen molar-refractivity contribution in [2.45, 2.75) is 46.0 Å². The maximum atomic E-state index is 10.2. The van der Waals surface area contributed by atoms with Crippen molar-refractivity contribution in [3.63, 3.8) is 0 Å². The van der Waals surface area contributed by atoms with Gasteiger partial charge in [0.2, 0.25) is 0 Å². The van der Waals surface area contributed by atoms with Gasteiger partial charge in [-0.25, -0.2) is 4.79 Å². The smallest absolute Gasteiger partial charge is 0.328 e. The van der Waals surface area contributed by atoms with E-state index >= 15 is 0 Å². The summed E-state index contributed by atoms with van der Waals surface area (Å²) in [5.74, 6) is -0.831. The second-order valence-electron chi connectivity index (χ2n) is 3.14. The molecule has 0 rings (SSSR count). The summed E-state index contributed by atoms with van der Waals surface area (Å²) in [6.07, 6.45) is 7.02. The average Bonchev–Trinajstić information content (AvgIpc) is 1.97. The standard InChI is InChI=1S/C10H18O2/c1-3-4-5-6-7-9(2)8-10(11)12/h8H,3-7H2,1-2H3,(H,11,12)/b9-8+. The molecule has 0 atom stereocenters. The lowest BCUT2D eigenvalue weighted by molar-refractivity contribution is -0.131. The van der Waals surface area contributed by atoms with Crippen LogP contribution in [0.2, 0.25) is 0 Å². The maximum Gasteiger partial charge on any atom is 0.328 e. The average molecular weight is 170 g/mol. The van der Waals surface area contributed by atoms with Gasteiger partial charge in [-0.1, -0.05) is 31.8 Å². The van der Waals surface area contributed by atoms with Crippen molar-refractivity contribution in [3.05, 3.63) is 11.6 Å². The zero-order chi connectivity index (χ0) is 9.40. The molecule has 0 heterocycles. The Kier molecular flexibility index (Phi) is 6.44. The van der Waals surface area contributed by atoms with E-state index in [1.807, 2.05) is 6.92 Å². The van der Waals surface area contributed by atoms with Crippen LogP contribution in [-0.2, 0) is 4.79 Å². The van der Waals surface area contributed by atoms with Crippen molar-refractivity contribution in [3.8, 4) is 0 Å². The molecule has 0 amide bonds. The van der Waals surface area contributed by atoms with E-state index in [1.54, 1.807) is 0 Å². The fourth-order valence-electron chi connectivity index (χ4n) is 1.11. The number of hydrogen-bond donors (Lipinski definition) is 1. The monoisotopic (exact) mass is 170 g/mol. The minimum atomic E-state index is -0.831. The molecular weight excluding hydrogens is 152 g/mol. The SMILES string of the molecule is CCCCCC/C(C)=C/C(=O)O. The third kappa shape index (κ3) is 7.32. The Labute approximate surface area is 74.3 Å². The highest BCUT2D eigenvalue weighted by atomic mass is 16.4. The summed E-state index contributed by atoms with van der Waals surface area (Å²) >= 11 is 0. The van der Waals surface area contributed by atoms with E-state index in [4.69, 9.17) is 5.11 Å². The molecule has 0 aliphatic rings. The fraction of sp³-hybridized carbons (Fsp3) is 0.700. The highest BCUT2D eigenvalue weighted by molar-refractivity contribution is 5.80. The zero-order valence-electron chi connectivity index (χ0n) is 7.97. The molecule has 0 aliphatic heterocycles. The van der Waals surface area contributed by atoms with E-state index < -0.39 is 5.97 Å². The van der Waals surface area contributed by atoms with Crippen LogP contribution < -0.4 is 0 Å². The summed E-state index contributed by atoms with van der Waals surface area (Å²) < 4.78 is 0. The van der Waals surface area contributed by atoms with Gasteiger partial charge in [0.15, 0.2) is 0 Å². The van der Waals surface area contributed by atoms with Crippen LogP contribution >= 0.6 is 0 Å². The number of aliphatic carboxylic acids is 1. The highest BCUT2D eigenvalue weighted by Crippen LogP contribution is 2.08. The van der Waals surface area contributed by atoms with Gasteiger partial charge in [-0.05, 0) is 19.8 Å². The molecule has 0 aliphatic carbocycles. The molecule has 0 aromatic heterocycles. The van der Waals surface area contributed by atoms with E-state index in [2.05, 4.69) is 6.92 Å². The van der Waals surface area contributed by atoms with Crippen LogP contribution in [-0.4, -0.2) is 11.1 Å². The Bertz CT molecular complexity index is 159. The molecule has 0 aromatic rings. The lowest BCUT2D eigenvalue weighted by Gasteiger charge is -1.98. The number of hydrogen-bond acceptors (Lipinski definition) is 1. The number of allylic oxidation sites excluding steroid dienone is 1. The highest BCUT2D eigenvalue weighted by Gasteiger charge is 1.94. The van der Waals surface area contributed by atoms with Gasteiger partial charge >= 0.3 is 5.97 Å². The second kappa shape index (κ2) is 6.89. The van der Waals surface area contributed by atoms with Gasteiger partial charge < -0.3 is 5.11 Å². The van der Waals surface area contributed by atoms with Gasteiger partial charge in [0, 0.05) is 6.08 Å². The zero-order valence-corrected chi connectivity index (χ0v) is 7.97. The van der Waals surface area contributed by atoms with E-state index in [1.165, 1.54) is 25.3 Å². The largest absolute Gasteiger partial charge is 0.478 e. The molecule has 0 saturated heterocycles. The van der Waals surface area contributed by atoms with Crippen molar-refractivity contribution in [1.82, 2.24) is 0 Å². The maximum absolute atomic E-state index is 10.2. The molecule has 12 heavy (non-hydrogen) atoms. The summed E-state index contributed by atoms with van der Waals surface area (Å²) in [4.78, 5) is 10.2. The Morgan fingerprint density at radius 3 is 2.50 bits per heavy atom. The summed E-state index contributed by atoms with van der Waals surface area (Å²) in [5, 5.41) is 8.41. The van der Waals surface area contributed by atoms with Gasteiger partial charge in [-0.2, -0.15) is 0 Å². The van der Waals surface area contributed by atoms with Crippen molar-refractivity contribution >= 4 is 5.97 Å². The van der Waals surface area contributed by atoms with Gasteiger partial charge in [0.1, 0.15) is 0 Å². The van der Waals surface area contributed by atoms with Gasteiger partial charge in [-0.15, -0.1) is 0 Å². The molecule has 1 N–H and O–H groups in total. The molecule has 0 radical (unpaired) electrons. The van der Waals surface area contributed by atoms with Crippen LogP contribution in [0.15, 0.2) is 11.6 Å². The summed E-state index contributed by atoms with van der Waals surface area (Å²) in [5.41, 5.74) is 0.971. The van der Waals surface area contributed by atoms with Crippen LogP contribution in [0, 0.1) is 0 Å². The molecule has 0 unspecified atom stereocenters. The van der Waals surface area contributed by atoms with Crippen LogP contribution in [0.3, 0.4) is 0 Å². The molecule has 2 nitrogen and oxygen atoms in total. The quantitative estimate of drug-likeness (QED) is 0.491. The summed E-state index contributed by atoms with van der Waals surface area (Å²) in [6.45, 7) is 4.04. The molecular formula is C10H18O2. The van der Waals surface area contributed by atoms with E-state index in [-0.39, 0.29) is 0 Å². The summed E-state index contributed by atoms with van der Waals surface area (Å²) in [6, 6.07) is 0. The molecule has 0 bridgehead atoms. The molecule has 0 fully saturated rings. The Hall–Kier alpha value is -0.790. The first-order chi connectivity index (χ1) is 5.66. The third-order valence-electron chi connectivity index (χ3n) is 1.79. The predicted octanol–water partition coefficient (Wildman–Crippen LogP) is 2.99. The van der Waals surface area contributed by atoms with Crippen LogP contribution in [0.5, 0.6) is 0 Å². The van der Waals surface area contributed by atoms with Gasteiger partial charge in [0.25, 0.3) is 0 Å². The Morgan fingerprint density at radius 1 is 1.33 bits per heavy atom. The normalized spacial score (nSPS) is 11.7. The first-order valence-corrected chi connectivity index (χ1v) is 4.57. The minimum absolute atomic E-state index is 0.831. The molecule has 0 aromatic carbocycles. The van der Waals surface area contributed by atoms with Gasteiger partial charge in [-0.3, -0.25) is 0 Å². The van der Waals surface area contributed by atoms with Crippen molar-refractivity contribution in [2.24, 2.45) is 0 Å². The lowest BCUT2D eigenvalue weighted by Crippen LogP contribution is -1.90. The molecule has 70 valence electrons. The van der Waals surface area contributed by atoms with E-state index in [9.17, 15) is 4.79 Å². The number of carboxylic acid groups (broad SMARTS) is 1. The van der Waals surface area contributed by atoms with Crippen LogP contribution in [0.4, 0.5) is 0 Å². The topological polar surface area (TPSA) is 37.3 Å². The van der Waals surface area contributed by atoms with Crippen molar-refractivity contribution in [1.29, 1.82) is 0 Å². The number of carbonyl (C=O) groups is 1. The van der Waals surface area contributed by atoms with Gasteiger partial charge in [0.05, 0.1) is 0 Å². The van der Waals surface area contributed by atoms with E-state index in [0.717, 1.165) is 18.4 Å². The molecule has 2 heteroatoms. The Balaban J connectivity index is 3.43. The number of rotatable bonds is 6. The second-order valence-corrected chi connectivity index (χ2v) is 3.14. The third-order valence-corrected chi connectivity index (χ3v) is 1.79. The molecule has 0 saturated carbocycles.